The fraction of sp³-hybridized carbons (Fsp3) is 0.0833. The summed E-state index contributed by atoms with van der Waals surface area (Å²) >= 11 is 0. The molecule has 0 aliphatic carbocycles. The number of carboxylic acids is 2. The maximum absolute atomic E-state index is 10.3. The highest BCUT2D eigenvalue weighted by molar-refractivity contribution is 5.86. The van der Waals surface area contributed by atoms with Gasteiger partial charge in [-0.25, -0.2) is 9.59 Å². The molecule has 2 N–H and O–H groups in total. The maximum atomic E-state index is 10.3. The van der Waals surface area contributed by atoms with Gasteiger partial charge in [-0.2, -0.15) is 0 Å². The smallest absolute Gasteiger partial charge is 0.328 e. The van der Waals surface area contributed by atoms with Crippen LogP contribution in [0.5, 0.6) is 0 Å². The van der Waals surface area contributed by atoms with Crippen molar-refractivity contribution in [2.24, 2.45) is 0 Å². The number of pyridine rings is 1. The summed E-state index contributed by atoms with van der Waals surface area (Å²) in [4.78, 5) is 24.7. The molecule has 17 heavy (non-hydrogen) atoms. The molecule has 1 heterocycles. The van der Waals surface area contributed by atoms with Crippen molar-refractivity contribution >= 4 is 24.1 Å². The fourth-order valence-electron chi connectivity index (χ4n) is 1.19. The van der Waals surface area contributed by atoms with E-state index < -0.39 is 11.9 Å². The van der Waals surface area contributed by atoms with Crippen LogP contribution in [0.15, 0.2) is 24.4 Å². The number of hydrogen-bond donors (Lipinski definition) is 2. The Bertz CT molecular complexity index is 503. The van der Waals surface area contributed by atoms with Gasteiger partial charge >= 0.3 is 11.9 Å². The standard InChI is InChI=1S/C12H11NO4/c1-8-6-9(2-4-11(14)15)7-13-10(8)3-5-12(16)17/h2-7H,1H3,(H,14,15)(H,16,17). The van der Waals surface area contributed by atoms with Crippen LogP contribution in [-0.4, -0.2) is 27.1 Å². The highest BCUT2D eigenvalue weighted by Gasteiger charge is 1.98. The van der Waals surface area contributed by atoms with Crippen LogP contribution in [0.4, 0.5) is 0 Å². The summed E-state index contributed by atoms with van der Waals surface area (Å²) in [6.07, 6.45) is 6.31. The maximum Gasteiger partial charge on any atom is 0.328 e. The molecule has 5 heteroatoms. The molecule has 0 aromatic carbocycles. The zero-order valence-corrected chi connectivity index (χ0v) is 9.12. The number of aromatic nitrogens is 1. The molecule has 1 aromatic heterocycles. The average molecular weight is 233 g/mol. The average Bonchev–Trinajstić information content (AvgIpc) is 2.24. The number of carboxylic acid groups (broad SMARTS) is 2. The quantitative estimate of drug-likeness (QED) is 0.771. The molecular weight excluding hydrogens is 222 g/mol. The molecule has 0 bridgehead atoms. The number of aryl methyl sites for hydroxylation is 1. The molecule has 0 saturated heterocycles. The number of carbonyl (C=O) groups is 2. The molecule has 5 nitrogen and oxygen atoms in total. The van der Waals surface area contributed by atoms with Crippen molar-refractivity contribution in [2.75, 3.05) is 0 Å². The van der Waals surface area contributed by atoms with Crippen molar-refractivity contribution in [1.29, 1.82) is 0 Å². The van der Waals surface area contributed by atoms with Crippen LogP contribution in [-0.2, 0) is 9.59 Å². The molecule has 88 valence electrons. The van der Waals surface area contributed by atoms with Gasteiger partial charge in [0, 0.05) is 18.3 Å². The zero-order valence-electron chi connectivity index (χ0n) is 9.12. The Morgan fingerprint density at radius 1 is 1.18 bits per heavy atom. The number of nitrogens with zero attached hydrogens (tertiary/aromatic N) is 1. The second-order valence-electron chi connectivity index (χ2n) is 3.31. The lowest BCUT2D eigenvalue weighted by Crippen LogP contribution is -1.91. The third kappa shape index (κ3) is 4.29. The van der Waals surface area contributed by atoms with Crippen molar-refractivity contribution in [2.45, 2.75) is 6.92 Å². The van der Waals surface area contributed by atoms with E-state index in [2.05, 4.69) is 4.98 Å². The molecule has 0 radical (unpaired) electrons. The third-order valence-corrected chi connectivity index (χ3v) is 1.94. The highest BCUT2D eigenvalue weighted by Crippen LogP contribution is 2.10. The van der Waals surface area contributed by atoms with Gasteiger partial charge in [0.15, 0.2) is 0 Å². The van der Waals surface area contributed by atoms with Crippen LogP contribution in [0.3, 0.4) is 0 Å². The van der Waals surface area contributed by atoms with Gasteiger partial charge in [0.1, 0.15) is 0 Å². The van der Waals surface area contributed by atoms with E-state index in [-0.39, 0.29) is 0 Å². The molecule has 0 aliphatic heterocycles. The van der Waals surface area contributed by atoms with Gasteiger partial charge in [-0.15, -0.1) is 0 Å². The number of rotatable bonds is 4. The first kappa shape index (κ1) is 12.6. The van der Waals surface area contributed by atoms with Crippen LogP contribution >= 0.6 is 0 Å². The SMILES string of the molecule is Cc1cc(C=CC(=O)O)cnc1C=CC(=O)O. The molecule has 0 atom stereocenters. The van der Waals surface area contributed by atoms with Crippen molar-refractivity contribution in [1.82, 2.24) is 4.98 Å². The Hall–Kier alpha value is -2.43. The minimum atomic E-state index is -1.04. The van der Waals surface area contributed by atoms with Gasteiger partial charge in [0.05, 0.1) is 5.69 Å². The zero-order chi connectivity index (χ0) is 12.8. The lowest BCUT2D eigenvalue weighted by molar-refractivity contribution is -0.132. The summed E-state index contributed by atoms with van der Waals surface area (Å²) in [6.45, 7) is 1.77. The first-order valence-electron chi connectivity index (χ1n) is 4.77. The van der Waals surface area contributed by atoms with Crippen LogP contribution in [0.2, 0.25) is 0 Å². The minimum absolute atomic E-state index is 0.542. The Morgan fingerprint density at radius 3 is 2.29 bits per heavy atom. The first-order chi connectivity index (χ1) is 7.99. The van der Waals surface area contributed by atoms with E-state index >= 15 is 0 Å². The van der Waals surface area contributed by atoms with Crippen molar-refractivity contribution < 1.29 is 19.8 Å². The van der Waals surface area contributed by atoms with Gasteiger partial charge in [-0.3, -0.25) is 4.98 Å². The lowest BCUT2D eigenvalue weighted by Gasteiger charge is -2.00. The van der Waals surface area contributed by atoms with Crippen LogP contribution in [0.25, 0.3) is 12.2 Å². The monoisotopic (exact) mass is 233 g/mol. The van der Waals surface area contributed by atoms with Crippen molar-refractivity contribution in [3.8, 4) is 0 Å². The summed E-state index contributed by atoms with van der Waals surface area (Å²) in [6, 6.07) is 1.73. The molecule has 0 fully saturated rings. The summed E-state index contributed by atoms with van der Waals surface area (Å²) < 4.78 is 0. The van der Waals surface area contributed by atoms with E-state index in [0.29, 0.717) is 11.3 Å². The molecule has 0 saturated carbocycles. The minimum Gasteiger partial charge on any atom is -0.478 e. The van der Waals surface area contributed by atoms with Gasteiger partial charge in [0.2, 0.25) is 0 Å². The molecule has 0 spiro atoms. The first-order valence-corrected chi connectivity index (χ1v) is 4.77. The van der Waals surface area contributed by atoms with E-state index in [4.69, 9.17) is 10.2 Å². The topological polar surface area (TPSA) is 87.5 Å². The Balaban J connectivity index is 2.94. The summed E-state index contributed by atoms with van der Waals surface area (Å²) in [5.74, 6) is -2.07. The molecule has 0 amide bonds. The van der Waals surface area contributed by atoms with E-state index in [0.717, 1.165) is 17.7 Å². The Morgan fingerprint density at radius 2 is 1.76 bits per heavy atom. The van der Waals surface area contributed by atoms with E-state index in [1.807, 2.05) is 0 Å². The van der Waals surface area contributed by atoms with E-state index in [1.54, 1.807) is 13.0 Å². The number of hydrogen-bond acceptors (Lipinski definition) is 3. The molecule has 1 rings (SSSR count). The summed E-state index contributed by atoms with van der Waals surface area (Å²) in [7, 11) is 0. The predicted octanol–water partition coefficient (Wildman–Crippen LogP) is 1.59. The Kier molecular flexibility index (Phi) is 4.16. The van der Waals surface area contributed by atoms with Crippen LogP contribution in [0.1, 0.15) is 16.8 Å². The van der Waals surface area contributed by atoms with Gasteiger partial charge in [-0.05, 0) is 36.3 Å². The fourth-order valence-corrected chi connectivity index (χ4v) is 1.19. The second kappa shape index (κ2) is 5.60. The van der Waals surface area contributed by atoms with Crippen molar-refractivity contribution in [3.63, 3.8) is 0 Å². The van der Waals surface area contributed by atoms with Crippen LogP contribution in [0, 0.1) is 6.92 Å². The predicted molar refractivity (Wildman–Crippen MR) is 62.3 cm³/mol. The van der Waals surface area contributed by atoms with E-state index in [9.17, 15) is 9.59 Å². The van der Waals surface area contributed by atoms with Crippen LogP contribution < -0.4 is 0 Å². The molecular formula is C12H11NO4. The third-order valence-electron chi connectivity index (χ3n) is 1.94. The van der Waals surface area contributed by atoms with Gasteiger partial charge in [0.25, 0.3) is 0 Å². The number of aliphatic carboxylic acids is 2. The second-order valence-corrected chi connectivity index (χ2v) is 3.31. The molecule has 0 aliphatic rings. The largest absolute Gasteiger partial charge is 0.478 e. The Labute approximate surface area is 97.7 Å². The van der Waals surface area contributed by atoms with Crippen molar-refractivity contribution in [3.05, 3.63) is 41.2 Å². The lowest BCUT2D eigenvalue weighted by atomic mass is 10.1. The van der Waals surface area contributed by atoms with Gasteiger partial charge < -0.3 is 10.2 Å². The molecule has 1 aromatic rings. The normalized spacial score (nSPS) is 11.1. The van der Waals surface area contributed by atoms with Gasteiger partial charge in [-0.1, -0.05) is 0 Å². The summed E-state index contributed by atoms with van der Waals surface area (Å²) in [5.41, 5.74) is 1.97. The summed E-state index contributed by atoms with van der Waals surface area (Å²) in [5, 5.41) is 16.9. The van der Waals surface area contributed by atoms with E-state index in [1.165, 1.54) is 18.3 Å². The highest BCUT2D eigenvalue weighted by atomic mass is 16.4. The molecule has 0 unspecified atom stereocenters.